The van der Waals surface area contributed by atoms with Gasteiger partial charge in [0.15, 0.2) is 0 Å². The Labute approximate surface area is 78.8 Å². The first-order valence-corrected chi connectivity index (χ1v) is 4.80. The van der Waals surface area contributed by atoms with E-state index < -0.39 is 5.41 Å². The predicted molar refractivity (Wildman–Crippen MR) is 49.2 cm³/mol. The SMILES string of the molecule is CC1(C)C(=O)C(CCO)C[C@@H]1CO. The molecular formula is C10H18O3. The van der Waals surface area contributed by atoms with Gasteiger partial charge in [0, 0.05) is 24.5 Å². The molecular weight excluding hydrogens is 168 g/mol. The van der Waals surface area contributed by atoms with Crippen LogP contribution in [0.3, 0.4) is 0 Å². The molecule has 1 aliphatic rings. The maximum atomic E-state index is 11.8. The van der Waals surface area contributed by atoms with E-state index in [0.29, 0.717) is 6.42 Å². The molecule has 0 aromatic carbocycles. The molecule has 1 aliphatic carbocycles. The molecule has 0 aliphatic heterocycles. The fourth-order valence-electron chi connectivity index (χ4n) is 2.18. The number of carbonyl (C=O) groups excluding carboxylic acids is 1. The fourth-order valence-corrected chi connectivity index (χ4v) is 2.18. The third-order valence-corrected chi connectivity index (χ3v) is 3.29. The highest BCUT2D eigenvalue weighted by molar-refractivity contribution is 5.88. The molecule has 1 unspecified atom stereocenters. The van der Waals surface area contributed by atoms with Gasteiger partial charge < -0.3 is 10.2 Å². The summed E-state index contributed by atoms with van der Waals surface area (Å²) >= 11 is 0. The molecule has 0 saturated heterocycles. The van der Waals surface area contributed by atoms with Crippen molar-refractivity contribution in [2.24, 2.45) is 17.3 Å². The zero-order valence-electron chi connectivity index (χ0n) is 8.29. The van der Waals surface area contributed by atoms with Crippen molar-refractivity contribution in [1.29, 1.82) is 0 Å². The lowest BCUT2D eigenvalue weighted by Gasteiger charge is -2.22. The Morgan fingerprint density at radius 1 is 1.46 bits per heavy atom. The molecule has 0 aromatic rings. The molecule has 0 aromatic heterocycles. The number of aliphatic hydroxyl groups is 2. The van der Waals surface area contributed by atoms with Crippen LogP contribution in [0.4, 0.5) is 0 Å². The van der Waals surface area contributed by atoms with Crippen molar-refractivity contribution < 1.29 is 15.0 Å². The van der Waals surface area contributed by atoms with Crippen LogP contribution in [0, 0.1) is 17.3 Å². The van der Waals surface area contributed by atoms with Gasteiger partial charge in [-0.1, -0.05) is 13.8 Å². The summed E-state index contributed by atoms with van der Waals surface area (Å²) in [6.45, 7) is 3.90. The highest BCUT2D eigenvalue weighted by Crippen LogP contribution is 2.43. The second kappa shape index (κ2) is 3.76. The Morgan fingerprint density at radius 3 is 2.46 bits per heavy atom. The minimum atomic E-state index is -0.408. The number of hydrogen-bond acceptors (Lipinski definition) is 3. The molecule has 13 heavy (non-hydrogen) atoms. The van der Waals surface area contributed by atoms with E-state index in [2.05, 4.69) is 0 Å². The van der Waals surface area contributed by atoms with Crippen LogP contribution in [0.1, 0.15) is 26.7 Å². The average molecular weight is 186 g/mol. The lowest BCUT2D eigenvalue weighted by atomic mass is 9.81. The molecule has 0 amide bonds. The van der Waals surface area contributed by atoms with Crippen LogP contribution < -0.4 is 0 Å². The molecule has 0 radical (unpaired) electrons. The molecule has 0 heterocycles. The van der Waals surface area contributed by atoms with Crippen molar-refractivity contribution in [2.45, 2.75) is 26.7 Å². The van der Waals surface area contributed by atoms with Crippen LogP contribution in [-0.2, 0) is 4.79 Å². The van der Waals surface area contributed by atoms with Crippen molar-refractivity contribution in [1.82, 2.24) is 0 Å². The quantitative estimate of drug-likeness (QED) is 0.678. The summed E-state index contributed by atoms with van der Waals surface area (Å²) in [6, 6.07) is 0. The van der Waals surface area contributed by atoms with E-state index in [4.69, 9.17) is 10.2 Å². The van der Waals surface area contributed by atoms with Gasteiger partial charge >= 0.3 is 0 Å². The number of rotatable bonds is 3. The molecule has 2 N–H and O–H groups in total. The third kappa shape index (κ3) is 1.76. The van der Waals surface area contributed by atoms with Gasteiger partial charge in [-0.15, -0.1) is 0 Å². The molecule has 3 nitrogen and oxygen atoms in total. The molecule has 2 atom stereocenters. The number of aliphatic hydroxyl groups excluding tert-OH is 2. The molecule has 76 valence electrons. The number of hydrogen-bond donors (Lipinski definition) is 2. The molecule has 0 bridgehead atoms. The first-order valence-electron chi connectivity index (χ1n) is 4.80. The maximum Gasteiger partial charge on any atom is 0.142 e. The van der Waals surface area contributed by atoms with Gasteiger partial charge in [0.05, 0.1) is 0 Å². The second-order valence-corrected chi connectivity index (χ2v) is 4.41. The summed E-state index contributed by atoms with van der Waals surface area (Å²) in [4.78, 5) is 11.8. The predicted octanol–water partition coefficient (Wildman–Crippen LogP) is 0.593. The van der Waals surface area contributed by atoms with Gasteiger partial charge in [-0.05, 0) is 18.8 Å². The van der Waals surface area contributed by atoms with E-state index in [0.717, 1.165) is 6.42 Å². The lowest BCUT2D eigenvalue weighted by Crippen LogP contribution is -2.28. The summed E-state index contributed by atoms with van der Waals surface area (Å²) in [5, 5.41) is 17.8. The van der Waals surface area contributed by atoms with Crippen LogP contribution >= 0.6 is 0 Å². The molecule has 3 heteroatoms. The van der Waals surface area contributed by atoms with E-state index in [1.54, 1.807) is 0 Å². The van der Waals surface area contributed by atoms with Crippen molar-refractivity contribution >= 4 is 5.78 Å². The molecule has 1 fully saturated rings. The fraction of sp³-hybridized carbons (Fsp3) is 0.900. The van der Waals surface area contributed by atoms with Crippen LogP contribution in [0.5, 0.6) is 0 Å². The molecule has 1 rings (SSSR count). The Morgan fingerprint density at radius 2 is 2.08 bits per heavy atom. The van der Waals surface area contributed by atoms with E-state index in [-0.39, 0.29) is 30.8 Å². The van der Waals surface area contributed by atoms with E-state index in [1.165, 1.54) is 0 Å². The minimum Gasteiger partial charge on any atom is -0.396 e. The Kier molecular flexibility index (Phi) is 3.09. The summed E-state index contributed by atoms with van der Waals surface area (Å²) in [5.41, 5.74) is -0.408. The van der Waals surface area contributed by atoms with Gasteiger partial charge in [-0.3, -0.25) is 4.79 Å². The Balaban J connectivity index is 2.72. The van der Waals surface area contributed by atoms with Gasteiger partial charge in [0.1, 0.15) is 5.78 Å². The van der Waals surface area contributed by atoms with Gasteiger partial charge in [0.25, 0.3) is 0 Å². The third-order valence-electron chi connectivity index (χ3n) is 3.29. The monoisotopic (exact) mass is 186 g/mol. The summed E-state index contributed by atoms with van der Waals surface area (Å²) < 4.78 is 0. The first-order chi connectivity index (χ1) is 6.04. The average Bonchev–Trinajstić information content (AvgIpc) is 2.29. The van der Waals surface area contributed by atoms with Crippen molar-refractivity contribution in [3.05, 3.63) is 0 Å². The number of carbonyl (C=O) groups is 1. The topological polar surface area (TPSA) is 57.5 Å². The largest absolute Gasteiger partial charge is 0.396 e. The van der Waals surface area contributed by atoms with Crippen molar-refractivity contribution in [3.8, 4) is 0 Å². The van der Waals surface area contributed by atoms with Crippen LogP contribution in [-0.4, -0.2) is 29.2 Å². The summed E-state index contributed by atoms with van der Waals surface area (Å²) in [5.74, 6) is 0.217. The standard InChI is InChI=1S/C10H18O3/c1-10(2)8(6-12)5-7(3-4-11)9(10)13/h7-8,11-12H,3-6H2,1-2H3/t7?,8-/m1/s1. The van der Waals surface area contributed by atoms with Gasteiger partial charge in [0.2, 0.25) is 0 Å². The lowest BCUT2D eigenvalue weighted by molar-refractivity contribution is -0.129. The first kappa shape index (κ1) is 10.7. The van der Waals surface area contributed by atoms with Crippen molar-refractivity contribution in [2.75, 3.05) is 13.2 Å². The number of ketones is 1. The van der Waals surface area contributed by atoms with Crippen molar-refractivity contribution in [3.63, 3.8) is 0 Å². The van der Waals surface area contributed by atoms with Crippen LogP contribution in [0.15, 0.2) is 0 Å². The summed E-state index contributed by atoms with van der Waals surface area (Å²) in [7, 11) is 0. The van der Waals surface area contributed by atoms with E-state index in [1.807, 2.05) is 13.8 Å². The van der Waals surface area contributed by atoms with Crippen LogP contribution in [0.2, 0.25) is 0 Å². The Bertz CT molecular complexity index is 198. The Hall–Kier alpha value is -0.410. The molecule has 0 spiro atoms. The zero-order chi connectivity index (χ0) is 10.1. The zero-order valence-corrected chi connectivity index (χ0v) is 8.29. The van der Waals surface area contributed by atoms with Crippen LogP contribution in [0.25, 0.3) is 0 Å². The van der Waals surface area contributed by atoms with Gasteiger partial charge in [-0.25, -0.2) is 0 Å². The van der Waals surface area contributed by atoms with Gasteiger partial charge in [-0.2, -0.15) is 0 Å². The normalized spacial score (nSPS) is 32.5. The van der Waals surface area contributed by atoms with E-state index >= 15 is 0 Å². The maximum absolute atomic E-state index is 11.8. The second-order valence-electron chi connectivity index (χ2n) is 4.41. The molecule has 1 saturated carbocycles. The van der Waals surface area contributed by atoms with E-state index in [9.17, 15) is 4.79 Å². The summed E-state index contributed by atoms with van der Waals surface area (Å²) in [6.07, 6.45) is 1.27. The minimum absolute atomic E-state index is 0.0443. The highest BCUT2D eigenvalue weighted by atomic mass is 16.3. The highest BCUT2D eigenvalue weighted by Gasteiger charge is 2.47. The smallest absolute Gasteiger partial charge is 0.142 e. The number of Topliss-reactive ketones (excluding diaryl/α,β-unsaturated/α-hetero) is 1.